The van der Waals surface area contributed by atoms with Gasteiger partial charge in [-0.3, -0.25) is 9.97 Å². The minimum absolute atomic E-state index is 0.684. The van der Waals surface area contributed by atoms with Gasteiger partial charge in [0.2, 0.25) is 0 Å². The number of hydrogen-bond acceptors (Lipinski definition) is 4. The van der Waals surface area contributed by atoms with Crippen molar-refractivity contribution in [1.82, 2.24) is 9.97 Å². The third-order valence-corrected chi connectivity index (χ3v) is 3.85. The fourth-order valence-corrected chi connectivity index (χ4v) is 2.42. The van der Waals surface area contributed by atoms with E-state index in [2.05, 4.69) is 23.0 Å². The molecule has 1 saturated carbocycles. The molecule has 116 valence electrons. The van der Waals surface area contributed by atoms with Gasteiger partial charge in [-0.25, -0.2) is 0 Å². The Balaban J connectivity index is 1.83. The summed E-state index contributed by atoms with van der Waals surface area (Å²) in [4.78, 5) is 8.91. The van der Waals surface area contributed by atoms with E-state index in [1.807, 2.05) is 18.5 Å². The van der Waals surface area contributed by atoms with Gasteiger partial charge in [0.25, 0.3) is 0 Å². The number of hydrogen-bond donors (Lipinski definition) is 0. The summed E-state index contributed by atoms with van der Waals surface area (Å²) < 4.78 is 11.0. The number of aromatic nitrogens is 2. The maximum absolute atomic E-state index is 5.82. The molecule has 22 heavy (non-hydrogen) atoms. The van der Waals surface area contributed by atoms with Gasteiger partial charge in [-0.1, -0.05) is 6.07 Å². The van der Waals surface area contributed by atoms with Crippen LogP contribution in [0.25, 0.3) is 11.3 Å². The lowest BCUT2D eigenvalue weighted by Crippen LogP contribution is -2.02. The summed E-state index contributed by atoms with van der Waals surface area (Å²) in [5.41, 5.74) is 4.30. The Kier molecular flexibility index (Phi) is 4.68. The second-order valence-corrected chi connectivity index (χ2v) is 5.93. The first-order chi connectivity index (χ1) is 10.8. The molecular weight excluding hydrogens is 276 g/mol. The molecule has 0 atom stereocenters. The van der Waals surface area contributed by atoms with Gasteiger partial charge in [0.1, 0.15) is 5.75 Å². The van der Waals surface area contributed by atoms with Crippen LogP contribution in [0.2, 0.25) is 0 Å². The van der Waals surface area contributed by atoms with Gasteiger partial charge in [-0.15, -0.1) is 0 Å². The van der Waals surface area contributed by atoms with E-state index in [-0.39, 0.29) is 0 Å². The molecule has 4 nitrogen and oxygen atoms in total. The summed E-state index contributed by atoms with van der Waals surface area (Å²) in [7, 11) is 1.72. The largest absolute Gasteiger partial charge is 0.492 e. The molecule has 1 aliphatic carbocycles. The third kappa shape index (κ3) is 3.83. The normalized spacial score (nSPS) is 14.1. The maximum atomic E-state index is 5.82. The fraction of sp³-hybridized carbons (Fsp3) is 0.444. The molecule has 2 aromatic heterocycles. The van der Waals surface area contributed by atoms with Crippen molar-refractivity contribution in [2.75, 3.05) is 20.3 Å². The smallest absolute Gasteiger partial charge is 0.138 e. The molecule has 0 aromatic carbocycles. The molecule has 0 radical (unpaired) electrons. The summed E-state index contributed by atoms with van der Waals surface area (Å²) in [5.74, 6) is 1.56. The lowest BCUT2D eigenvalue weighted by Gasteiger charge is -2.11. The maximum Gasteiger partial charge on any atom is 0.138 e. The molecule has 0 spiro atoms. The second-order valence-electron chi connectivity index (χ2n) is 5.93. The van der Waals surface area contributed by atoms with Gasteiger partial charge in [-0.05, 0) is 49.3 Å². The Bertz CT molecular complexity index is 639. The number of pyridine rings is 2. The summed E-state index contributed by atoms with van der Waals surface area (Å²) in [6, 6.07) is 4.20. The monoisotopic (exact) mass is 298 g/mol. The fourth-order valence-electron chi connectivity index (χ4n) is 2.42. The Labute approximate surface area is 131 Å². The van der Waals surface area contributed by atoms with Gasteiger partial charge < -0.3 is 9.47 Å². The number of nitrogens with zero attached hydrogens (tertiary/aromatic N) is 2. The van der Waals surface area contributed by atoms with Crippen molar-refractivity contribution in [2.45, 2.75) is 26.2 Å². The highest BCUT2D eigenvalue weighted by Crippen LogP contribution is 2.30. The van der Waals surface area contributed by atoms with Crippen LogP contribution < -0.4 is 4.74 Å². The molecule has 0 aliphatic heterocycles. The zero-order valence-corrected chi connectivity index (χ0v) is 13.2. The van der Waals surface area contributed by atoms with Crippen LogP contribution in [0.3, 0.4) is 0 Å². The van der Waals surface area contributed by atoms with E-state index in [0.717, 1.165) is 41.5 Å². The Morgan fingerprint density at radius 2 is 2.05 bits per heavy atom. The molecule has 0 saturated heterocycles. The molecule has 4 heteroatoms. The summed E-state index contributed by atoms with van der Waals surface area (Å²) in [6.07, 6.45) is 8.92. The summed E-state index contributed by atoms with van der Waals surface area (Å²) >= 11 is 0. The summed E-state index contributed by atoms with van der Waals surface area (Å²) in [6.45, 7) is 3.53. The van der Waals surface area contributed by atoms with Crippen molar-refractivity contribution in [3.8, 4) is 17.0 Å². The Morgan fingerprint density at radius 1 is 1.18 bits per heavy atom. The molecule has 0 bridgehead atoms. The molecule has 1 aliphatic rings. The van der Waals surface area contributed by atoms with Crippen molar-refractivity contribution >= 4 is 0 Å². The highest BCUT2D eigenvalue weighted by atomic mass is 16.5. The van der Waals surface area contributed by atoms with E-state index in [1.54, 1.807) is 13.3 Å². The van der Waals surface area contributed by atoms with Gasteiger partial charge in [-0.2, -0.15) is 0 Å². The molecule has 0 N–H and O–H groups in total. The van der Waals surface area contributed by atoms with Crippen LogP contribution in [-0.4, -0.2) is 30.3 Å². The minimum Gasteiger partial charge on any atom is -0.492 e. The number of methoxy groups -OCH3 is 1. The zero-order chi connectivity index (χ0) is 15.4. The van der Waals surface area contributed by atoms with Crippen LogP contribution in [0.1, 0.15) is 24.0 Å². The van der Waals surface area contributed by atoms with Crippen molar-refractivity contribution in [1.29, 1.82) is 0 Å². The second kappa shape index (κ2) is 6.88. The lowest BCUT2D eigenvalue weighted by atomic mass is 10.0. The van der Waals surface area contributed by atoms with Crippen molar-refractivity contribution in [3.63, 3.8) is 0 Å². The lowest BCUT2D eigenvalue weighted by molar-refractivity contribution is 0.202. The van der Waals surface area contributed by atoms with Crippen molar-refractivity contribution in [2.24, 2.45) is 5.92 Å². The van der Waals surface area contributed by atoms with E-state index < -0.39 is 0 Å². The number of ether oxygens (including phenoxy) is 2. The quantitative estimate of drug-likeness (QED) is 0.785. The zero-order valence-electron chi connectivity index (χ0n) is 13.2. The van der Waals surface area contributed by atoms with Crippen molar-refractivity contribution < 1.29 is 9.47 Å². The molecule has 3 rings (SSSR count). The average Bonchev–Trinajstić information content (AvgIpc) is 3.35. The number of aryl methyl sites for hydroxylation is 1. The first kappa shape index (κ1) is 15.0. The third-order valence-electron chi connectivity index (χ3n) is 3.85. The molecule has 2 heterocycles. The Morgan fingerprint density at radius 3 is 2.82 bits per heavy atom. The predicted octanol–water partition coefficient (Wildman–Crippen LogP) is 3.43. The molecule has 0 amide bonds. The first-order valence-corrected chi connectivity index (χ1v) is 7.79. The van der Waals surface area contributed by atoms with Crippen molar-refractivity contribution in [3.05, 3.63) is 41.9 Å². The van der Waals surface area contributed by atoms with Crippen LogP contribution in [0.5, 0.6) is 5.75 Å². The van der Waals surface area contributed by atoms with Gasteiger partial charge in [0.15, 0.2) is 0 Å². The highest BCUT2D eigenvalue weighted by Gasteiger charge is 2.22. The Hall–Kier alpha value is -1.94. The standard InChI is InChI=1S/C18H22N2O2/c1-13-7-15(5-6-21-2)18(20-9-13)16-8-17(11-19-10-16)22-12-14-3-4-14/h7-11,14H,3-6,12H2,1-2H3. The molecule has 1 fully saturated rings. The van der Waals surface area contributed by atoms with E-state index in [1.165, 1.54) is 18.4 Å². The van der Waals surface area contributed by atoms with Gasteiger partial charge in [0.05, 0.1) is 25.1 Å². The van der Waals surface area contributed by atoms with E-state index in [9.17, 15) is 0 Å². The SMILES string of the molecule is COCCc1cc(C)cnc1-c1cncc(OCC2CC2)c1. The van der Waals surface area contributed by atoms with Crippen LogP contribution in [-0.2, 0) is 11.2 Å². The van der Waals surface area contributed by atoms with Crippen LogP contribution in [0.15, 0.2) is 30.7 Å². The minimum atomic E-state index is 0.684. The van der Waals surface area contributed by atoms with E-state index in [0.29, 0.717) is 6.61 Å². The average molecular weight is 298 g/mol. The van der Waals surface area contributed by atoms with Crippen LogP contribution in [0.4, 0.5) is 0 Å². The van der Waals surface area contributed by atoms with E-state index in [4.69, 9.17) is 9.47 Å². The van der Waals surface area contributed by atoms with Crippen LogP contribution in [0, 0.1) is 12.8 Å². The molecule has 0 unspecified atom stereocenters. The van der Waals surface area contributed by atoms with E-state index >= 15 is 0 Å². The molecule has 2 aromatic rings. The van der Waals surface area contributed by atoms with Crippen LogP contribution >= 0.6 is 0 Å². The molecular formula is C18H22N2O2. The van der Waals surface area contributed by atoms with Gasteiger partial charge in [0, 0.05) is 25.1 Å². The summed E-state index contributed by atoms with van der Waals surface area (Å²) in [5, 5.41) is 0. The predicted molar refractivity (Wildman–Crippen MR) is 86.0 cm³/mol. The topological polar surface area (TPSA) is 44.2 Å². The highest BCUT2D eigenvalue weighted by molar-refractivity contribution is 5.63. The number of rotatable bonds is 7. The van der Waals surface area contributed by atoms with Gasteiger partial charge >= 0.3 is 0 Å². The first-order valence-electron chi connectivity index (χ1n) is 7.79.